The summed E-state index contributed by atoms with van der Waals surface area (Å²) in [7, 11) is -3.65. The fraction of sp³-hybridized carbons (Fsp3) is 0.320. The Kier molecular flexibility index (Phi) is 6.72. The van der Waals surface area contributed by atoms with E-state index in [9.17, 15) is 18.3 Å². The van der Waals surface area contributed by atoms with Crippen molar-refractivity contribution in [3.05, 3.63) is 65.7 Å². The smallest absolute Gasteiger partial charge is 0.256 e. The van der Waals surface area contributed by atoms with Crippen LogP contribution in [-0.2, 0) is 16.6 Å². The highest BCUT2D eigenvalue weighted by atomic mass is 32.2. The van der Waals surface area contributed by atoms with E-state index in [1.165, 1.54) is 0 Å². The summed E-state index contributed by atoms with van der Waals surface area (Å²) in [6.07, 6.45) is 0.585. The van der Waals surface area contributed by atoms with Crippen molar-refractivity contribution in [1.29, 1.82) is 0 Å². The molecule has 5 rings (SSSR count). The Morgan fingerprint density at radius 2 is 1.80 bits per heavy atom. The van der Waals surface area contributed by atoms with E-state index in [1.807, 2.05) is 42.5 Å². The minimum Gasteiger partial charge on any atom is -0.396 e. The summed E-state index contributed by atoms with van der Waals surface area (Å²) < 4.78 is 25.6. The van der Waals surface area contributed by atoms with Gasteiger partial charge < -0.3 is 20.6 Å². The number of aliphatic hydroxyl groups is 1. The van der Waals surface area contributed by atoms with E-state index < -0.39 is 10.0 Å². The van der Waals surface area contributed by atoms with Crippen molar-refractivity contribution >= 4 is 38.1 Å². The van der Waals surface area contributed by atoms with Crippen LogP contribution in [0.2, 0.25) is 0 Å². The number of benzene rings is 3. The predicted octanol–water partition coefficient (Wildman–Crippen LogP) is 1.89. The van der Waals surface area contributed by atoms with E-state index in [2.05, 4.69) is 20.4 Å². The quantitative estimate of drug-likeness (QED) is 0.359. The van der Waals surface area contributed by atoms with Crippen LogP contribution in [0, 0.1) is 0 Å². The number of hydrazine groups is 1. The van der Waals surface area contributed by atoms with Crippen LogP contribution in [0.1, 0.15) is 22.3 Å². The van der Waals surface area contributed by atoms with Gasteiger partial charge in [0.15, 0.2) is 0 Å². The van der Waals surface area contributed by atoms with Crippen LogP contribution in [-0.4, -0.2) is 63.8 Å². The standard InChI is InChI=1S/C25H29N5O4S/c31-16-2-13-29(23-10-9-22-24-20(23)3-1-4-21(24)25(32)27-22)17-18-5-7-19(8-6-18)35(33,34)28-30-14-11-26-12-15-30/h1,3-10,26,28,31H,2,11-17H2,(H,27,32). The number of sulfonamides is 1. The number of piperazine rings is 1. The largest absolute Gasteiger partial charge is 0.396 e. The Balaban J connectivity index is 1.39. The van der Waals surface area contributed by atoms with E-state index in [0.29, 0.717) is 38.2 Å². The lowest BCUT2D eigenvalue weighted by Gasteiger charge is -2.27. The van der Waals surface area contributed by atoms with E-state index in [1.54, 1.807) is 17.1 Å². The van der Waals surface area contributed by atoms with Crippen LogP contribution in [0.3, 0.4) is 0 Å². The normalized spacial score (nSPS) is 16.0. The van der Waals surface area contributed by atoms with Crippen molar-refractivity contribution < 1.29 is 18.3 Å². The van der Waals surface area contributed by atoms with Gasteiger partial charge in [0.05, 0.1) is 4.90 Å². The van der Waals surface area contributed by atoms with Crippen LogP contribution in [0.25, 0.3) is 10.8 Å². The molecule has 3 aromatic carbocycles. The zero-order valence-electron chi connectivity index (χ0n) is 19.3. The highest BCUT2D eigenvalue weighted by molar-refractivity contribution is 7.89. The van der Waals surface area contributed by atoms with Crippen molar-refractivity contribution in [2.75, 3.05) is 49.5 Å². The Bertz CT molecular complexity index is 1340. The molecule has 0 saturated carbocycles. The molecule has 2 aliphatic heterocycles. The summed E-state index contributed by atoms with van der Waals surface area (Å²) in [4.78, 5) is 17.3. The molecule has 1 saturated heterocycles. The molecule has 1 fully saturated rings. The monoisotopic (exact) mass is 495 g/mol. The van der Waals surface area contributed by atoms with Crippen molar-refractivity contribution in [2.45, 2.75) is 17.9 Å². The minimum atomic E-state index is -3.65. The molecule has 0 unspecified atom stereocenters. The molecular weight excluding hydrogens is 466 g/mol. The second kappa shape index (κ2) is 9.92. The Labute approximate surface area is 204 Å². The summed E-state index contributed by atoms with van der Waals surface area (Å²) >= 11 is 0. The average Bonchev–Trinajstić information content (AvgIpc) is 3.20. The van der Waals surface area contributed by atoms with E-state index >= 15 is 0 Å². The lowest BCUT2D eigenvalue weighted by atomic mass is 10.0. The molecule has 0 bridgehead atoms. The number of nitrogens with zero attached hydrogens (tertiary/aromatic N) is 2. The molecule has 0 aliphatic carbocycles. The number of carbonyl (C=O) groups excluding carboxylic acids is 1. The highest BCUT2D eigenvalue weighted by Gasteiger charge is 2.24. The van der Waals surface area contributed by atoms with Crippen molar-refractivity contribution in [1.82, 2.24) is 15.2 Å². The zero-order valence-corrected chi connectivity index (χ0v) is 20.1. The number of anilines is 2. The average molecular weight is 496 g/mol. The van der Waals surface area contributed by atoms with Crippen LogP contribution in [0.15, 0.2) is 59.5 Å². The van der Waals surface area contributed by atoms with Gasteiger partial charge in [0, 0.05) is 73.6 Å². The second-order valence-electron chi connectivity index (χ2n) is 8.79. The first-order chi connectivity index (χ1) is 17.0. The molecule has 4 N–H and O–H groups in total. The maximum absolute atomic E-state index is 12.8. The van der Waals surface area contributed by atoms with Crippen LogP contribution in [0.4, 0.5) is 11.4 Å². The van der Waals surface area contributed by atoms with Gasteiger partial charge in [-0.1, -0.05) is 24.3 Å². The summed E-state index contributed by atoms with van der Waals surface area (Å²) in [6, 6.07) is 16.5. The van der Waals surface area contributed by atoms with Gasteiger partial charge in [-0.15, -0.1) is 4.83 Å². The van der Waals surface area contributed by atoms with E-state index in [4.69, 9.17) is 0 Å². The molecule has 0 spiro atoms. The zero-order chi connectivity index (χ0) is 24.4. The highest BCUT2D eigenvalue weighted by Crippen LogP contribution is 2.39. The lowest BCUT2D eigenvalue weighted by molar-refractivity contribution is 0.103. The second-order valence-corrected chi connectivity index (χ2v) is 10.4. The number of nitrogens with one attached hydrogen (secondary N) is 3. The first-order valence-corrected chi connectivity index (χ1v) is 13.2. The molecular formula is C25H29N5O4S. The SMILES string of the molecule is O=C1Nc2ccc(N(CCCO)Cc3ccc(S(=O)(=O)NN4CCNCC4)cc3)c3cccc1c23. The third-order valence-electron chi connectivity index (χ3n) is 6.41. The molecule has 0 atom stereocenters. The number of hydrogen-bond acceptors (Lipinski definition) is 7. The lowest BCUT2D eigenvalue weighted by Crippen LogP contribution is -2.52. The van der Waals surface area contributed by atoms with Gasteiger partial charge in [-0.3, -0.25) is 4.79 Å². The van der Waals surface area contributed by atoms with E-state index in [0.717, 1.165) is 40.8 Å². The van der Waals surface area contributed by atoms with Gasteiger partial charge in [0.25, 0.3) is 15.9 Å². The molecule has 2 aliphatic rings. The molecule has 2 heterocycles. The molecule has 1 amide bonds. The Hall–Kier alpha value is -3.02. The molecule has 0 aromatic heterocycles. The number of carbonyl (C=O) groups is 1. The first-order valence-electron chi connectivity index (χ1n) is 11.8. The fourth-order valence-electron chi connectivity index (χ4n) is 4.67. The van der Waals surface area contributed by atoms with Gasteiger partial charge >= 0.3 is 0 Å². The van der Waals surface area contributed by atoms with Crippen molar-refractivity contribution in [2.24, 2.45) is 0 Å². The van der Waals surface area contributed by atoms with Gasteiger partial charge in [-0.05, 0) is 42.3 Å². The predicted molar refractivity (Wildman–Crippen MR) is 136 cm³/mol. The van der Waals surface area contributed by atoms with E-state index in [-0.39, 0.29) is 17.4 Å². The van der Waals surface area contributed by atoms with Crippen molar-refractivity contribution in [3.8, 4) is 0 Å². The molecule has 10 heteroatoms. The number of aliphatic hydroxyl groups excluding tert-OH is 1. The topological polar surface area (TPSA) is 114 Å². The fourth-order valence-corrected chi connectivity index (χ4v) is 5.79. The van der Waals surface area contributed by atoms with Crippen LogP contribution in [0.5, 0.6) is 0 Å². The first kappa shape index (κ1) is 23.7. The molecule has 3 aromatic rings. The summed E-state index contributed by atoms with van der Waals surface area (Å²) in [6.45, 7) is 3.93. The van der Waals surface area contributed by atoms with Crippen LogP contribution >= 0.6 is 0 Å². The van der Waals surface area contributed by atoms with Gasteiger partial charge in [0.2, 0.25) is 0 Å². The summed E-state index contributed by atoms with van der Waals surface area (Å²) in [5.41, 5.74) is 3.38. The maximum atomic E-state index is 12.8. The van der Waals surface area contributed by atoms with Gasteiger partial charge in [0.1, 0.15) is 0 Å². The molecule has 35 heavy (non-hydrogen) atoms. The minimum absolute atomic E-state index is 0.0622. The van der Waals surface area contributed by atoms with Gasteiger partial charge in [-0.2, -0.15) is 0 Å². The van der Waals surface area contributed by atoms with Crippen LogP contribution < -0.4 is 20.4 Å². The molecule has 184 valence electrons. The third-order valence-corrected chi connectivity index (χ3v) is 7.80. The molecule has 9 nitrogen and oxygen atoms in total. The van der Waals surface area contributed by atoms with Crippen molar-refractivity contribution in [3.63, 3.8) is 0 Å². The molecule has 0 radical (unpaired) electrons. The Morgan fingerprint density at radius 3 is 2.54 bits per heavy atom. The Morgan fingerprint density at radius 1 is 1.03 bits per heavy atom. The number of hydrogen-bond donors (Lipinski definition) is 4. The summed E-state index contributed by atoms with van der Waals surface area (Å²) in [5, 5.41) is 19.2. The maximum Gasteiger partial charge on any atom is 0.256 e. The number of amides is 1. The summed E-state index contributed by atoms with van der Waals surface area (Å²) in [5.74, 6) is -0.101. The number of rotatable bonds is 9. The van der Waals surface area contributed by atoms with Gasteiger partial charge in [-0.25, -0.2) is 13.4 Å². The third kappa shape index (κ3) is 4.89.